The Bertz CT molecular complexity index is 934. The summed E-state index contributed by atoms with van der Waals surface area (Å²) in [6.45, 7) is 13.5. The molecule has 1 aliphatic heterocycles. The van der Waals surface area contributed by atoms with Crippen molar-refractivity contribution in [2.45, 2.75) is 34.2 Å². The van der Waals surface area contributed by atoms with E-state index in [1.807, 2.05) is 44.2 Å². The minimum Gasteiger partial charge on any atom is -0.493 e. The summed E-state index contributed by atoms with van der Waals surface area (Å²) in [5.74, 6) is 1.01. The van der Waals surface area contributed by atoms with Crippen LogP contribution < -0.4 is 19.9 Å². The van der Waals surface area contributed by atoms with E-state index >= 15 is 0 Å². The van der Waals surface area contributed by atoms with Crippen LogP contribution in [-0.2, 0) is 11.3 Å². The van der Waals surface area contributed by atoms with Gasteiger partial charge in [0, 0.05) is 16.8 Å². The van der Waals surface area contributed by atoms with Gasteiger partial charge in [0.2, 0.25) is 0 Å². The lowest BCUT2D eigenvalue weighted by Crippen LogP contribution is -3.28. The molecule has 6 nitrogen and oxygen atoms in total. The SMILES string of the molecule is CCOc1ccc(C(C)=O)cc1C[NH+]1CC[NH+](CC(=O)Nc2cccc(C)c2C)CC1. The Balaban J connectivity index is 1.54. The molecular weight excluding hydrogens is 390 g/mol. The van der Waals surface area contributed by atoms with E-state index in [9.17, 15) is 9.59 Å². The van der Waals surface area contributed by atoms with E-state index in [1.165, 1.54) is 15.4 Å². The number of amides is 1. The molecule has 1 heterocycles. The van der Waals surface area contributed by atoms with Gasteiger partial charge in [0.1, 0.15) is 38.5 Å². The molecule has 31 heavy (non-hydrogen) atoms. The van der Waals surface area contributed by atoms with Crippen molar-refractivity contribution in [2.75, 3.05) is 44.6 Å². The lowest BCUT2D eigenvalue weighted by Gasteiger charge is -2.29. The topological polar surface area (TPSA) is 64.3 Å². The van der Waals surface area contributed by atoms with Crippen molar-refractivity contribution in [3.63, 3.8) is 0 Å². The number of aryl methyl sites for hydroxylation is 1. The number of hydrogen-bond donors (Lipinski definition) is 3. The van der Waals surface area contributed by atoms with Crippen molar-refractivity contribution >= 4 is 17.4 Å². The number of Topliss-reactive ketones (excluding diaryl/α,β-unsaturated/α-hetero) is 1. The van der Waals surface area contributed by atoms with E-state index in [0.717, 1.165) is 60.9 Å². The first-order valence-electron chi connectivity index (χ1n) is 11.2. The van der Waals surface area contributed by atoms with Crippen molar-refractivity contribution in [3.8, 4) is 5.75 Å². The number of ketones is 1. The van der Waals surface area contributed by atoms with Crippen LogP contribution in [0.2, 0.25) is 0 Å². The van der Waals surface area contributed by atoms with E-state index < -0.39 is 0 Å². The van der Waals surface area contributed by atoms with Crippen LogP contribution in [0.1, 0.15) is 40.9 Å². The Morgan fingerprint density at radius 2 is 1.74 bits per heavy atom. The molecule has 0 unspecified atom stereocenters. The third-order valence-electron chi connectivity index (χ3n) is 6.16. The smallest absolute Gasteiger partial charge is 0.279 e. The third-order valence-corrected chi connectivity index (χ3v) is 6.16. The van der Waals surface area contributed by atoms with Gasteiger partial charge in [-0.3, -0.25) is 9.59 Å². The summed E-state index contributed by atoms with van der Waals surface area (Å²) in [6, 6.07) is 11.7. The quantitative estimate of drug-likeness (QED) is 0.549. The predicted molar refractivity (Wildman–Crippen MR) is 122 cm³/mol. The van der Waals surface area contributed by atoms with Gasteiger partial charge in [-0.1, -0.05) is 12.1 Å². The standard InChI is InChI=1S/C25H33N3O3/c1-5-31-24-10-9-21(20(4)29)15-22(24)16-27-11-13-28(14-12-27)17-25(30)26-23-8-6-7-18(2)19(23)3/h6-10,15H,5,11-14,16-17H2,1-4H3,(H,26,30)/p+2. The van der Waals surface area contributed by atoms with Crippen molar-refractivity contribution < 1.29 is 24.1 Å². The Morgan fingerprint density at radius 1 is 1.03 bits per heavy atom. The molecular formula is C25H35N3O3+2. The highest BCUT2D eigenvalue weighted by atomic mass is 16.5. The highest BCUT2D eigenvalue weighted by molar-refractivity contribution is 5.94. The monoisotopic (exact) mass is 425 g/mol. The summed E-state index contributed by atoms with van der Waals surface area (Å²) >= 11 is 0. The van der Waals surface area contributed by atoms with Crippen LogP contribution in [0.15, 0.2) is 36.4 Å². The Morgan fingerprint density at radius 3 is 2.42 bits per heavy atom. The molecule has 166 valence electrons. The zero-order valence-electron chi connectivity index (χ0n) is 19.1. The number of rotatable bonds is 8. The van der Waals surface area contributed by atoms with Gasteiger partial charge in [0.25, 0.3) is 5.91 Å². The summed E-state index contributed by atoms with van der Waals surface area (Å²) in [7, 11) is 0. The number of quaternary nitrogens is 2. The van der Waals surface area contributed by atoms with Gasteiger partial charge in [0.15, 0.2) is 12.3 Å². The van der Waals surface area contributed by atoms with E-state index in [0.29, 0.717) is 13.2 Å². The van der Waals surface area contributed by atoms with E-state index in [-0.39, 0.29) is 11.7 Å². The normalized spacial score (nSPS) is 18.5. The van der Waals surface area contributed by atoms with Crippen LogP contribution in [0.3, 0.4) is 0 Å². The number of anilines is 1. The van der Waals surface area contributed by atoms with Gasteiger partial charge in [-0.05, 0) is 63.1 Å². The summed E-state index contributed by atoms with van der Waals surface area (Å²) in [5.41, 5.74) is 5.02. The summed E-state index contributed by atoms with van der Waals surface area (Å²) in [4.78, 5) is 27.1. The van der Waals surface area contributed by atoms with Crippen LogP contribution in [0, 0.1) is 13.8 Å². The maximum Gasteiger partial charge on any atom is 0.279 e. The van der Waals surface area contributed by atoms with Crippen LogP contribution in [0.5, 0.6) is 5.75 Å². The molecule has 2 aromatic rings. The van der Waals surface area contributed by atoms with Crippen LogP contribution >= 0.6 is 0 Å². The molecule has 0 aromatic heterocycles. The zero-order chi connectivity index (χ0) is 22.4. The molecule has 0 spiro atoms. The van der Waals surface area contributed by atoms with Crippen molar-refractivity contribution in [3.05, 3.63) is 58.7 Å². The fourth-order valence-corrected chi connectivity index (χ4v) is 4.12. The van der Waals surface area contributed by atoms with Crippen molar-refractivity contribution in [1.82, 2.24) is 0 Å². The molecule has 3 rings (SSSR count). The number of piperazine rings is 1. The molecule has 3 N–H and O–H groups in total. The van der Waals surface area contributed by atoms with Gasteiger partial charge in [-0.15, -0.1) is 0 Å². The lowest BCUT2D eigenvalue weighted by molar-refractivity contribution is -1.02. The van der Waals surface area contributed by atoms with E-state index in [1.54, 1.807) is 6.92 Å². The van der Waals surface area contributed by atoms with Gasteiger partial charge < -0.3 is 19.9 Å². The number of carbonyl (C=O) groups is 2. The molecule has 0 bridgehead atoms. The van der Waals surface area contributed by atoms with Crippen LogP contribution in [-0.4, -0.2) is 51.0 Å². The van der Waals surface area contributed by atoms with Crippen molar-refractivity contribution in [2.24, 2.45) is 0 Å². The predicted octanol–water partition coefficient (Wildman–Crippen LogP) is 0.827. The van der Waals surface area contributed by atoms with Crippen LogP contribution in [0.4, 0.5) is 5.69 Å². The highest BCUT2D eigenvalue weighted by Gasteiger charge is 2.26. The maximum atomic E-state index is 12.5. The molecule has 1 amide bonds. The van der Waals surface area contributed by atoms with Gasteiger partial charge in [-0.25, -0.2) is 0 Å². The maximum absolute atomic E-state index is 12.5. The molecule has 0 atom stereocenters. The van der Waals surface area contributed by atoms with Crippen LogP contribution in [0.25, 0.3) is 0 Å². The molecule has 6 heteroatoms. The molecule has 1 saturated heterocycles. The molecule has 1 fully saturated rings. The second kappa shape index (κ2) is 10.6. The third kappa shape index (κ3) is 6.15. The van der Waals surface area contributed by atoms with Gasteiger partial charge >= 0.3 is 0 Å². The molecule has 1 aliphatic rings. The van der Waals surface area contributed by atoms with Gasteiger partial charge in [-0.2, -0.15) is 0 Å². The highest BCUT2D eigenvalue weighted by Crippen LogP contribution is 2.20. The number of benzene rings is 2. The molecule has 2 aromatic carbocycles. The first-order chi connectivity index (χ1) is 14.9. The minimum absolute atomic E-state index is 0.0694. The summed E-state index contributed by atoms with van der Waals surface area (Å²) < 4.78 is 5.78. The largest absolute Gasteiger partial charge is 0.493 e. The zero-order valence-corrected chi connectivity index (χ0v) is 19.1. The minimum atomic E-state index is 0.0694. The number of ether oxygens (including phenoxy) is 1. The Labute approximate surface area is 185 Å². The van der Waals surface area contributed by atoms with E-state index in [4.69, 9.17) is 4.74 Å². The molecule has 0 saturated carbocycles. The average Bonchev–Trinajstić information content (AvgIpc) is 2.74. The van der Waals surface area contributed by atoms with E-state index in [2.05, 4.69) is 18.3 Å². The number of carbonyl (C=O) groups excluding carboxylic acids is 2. The van der Waals surface area contributed by atoms with Crippen molar-refractivity contribution in [1.29, 1.82) is 0 Å². The Hall–Kier alpha value is -2.70. The average molecular weight is 426 g/mol. The summed E-state index contributed by atoms with van der Waals surface area (Å²) in [5, 5.41) is 3.07. The fraction of sp³-hybridized carbons (Fsp3) is 0.440. The second-order valence-corrected chi connectivity index (χ2v) is 8.46. The number of hydrogen-bond acceptors (Lipinski definition) is 3. The molecule has 0 aliphatic carbocycles. The first kappa shape index (κ1) is 23.0. The van der Waals surface area contributed by atoms with Gasteiger partial charge in [0.05, 0.1) is 6.61 Å². The lowest BCUT2D eigenvalue weighted by atomic mass is 10.1. The number of nitrogens with one attached hydrogen (secondary N) is 3. The fourth-order valence-electron chi connectivity index (χ4n) is 4.12. The first-order valence-corrected chi connectivity index (χ1v) is 11.2. The molecule has 0 radical (unpaired) electrons. The second-order valence-electron chi connectivity index (χ2n) is 8.46. The Kier molecular flexibility index (Phi) is 7.82. The summed E-state index contributed by atoms with van der Waals surface area (Å²) in [6.07, 6.45) is 0.